The molecule has 0 amide bonds. The van der Waals surface area contributed by atoms with Crippen molar-refractivity contribution in [3.05, 3.63) is 11.6 Å². The molecule has 4 aliphatic carbocycles. The predicted molar refractivity (Wildman–Crippen MR) is 138 cm³/mol. The zero-order chi connectivity index (χ0) is 27.0. The Bertz CT molecular complexity index is 968. The Morgan fingerprint density at radius 3 is 2.58 bits per heavy atom. The molecule has 214 valence electrons. The summed E-state index contributed by atoms with van der Waals surface area (Å²) in [6.45, 7) is 6.65. The highest BCUT2D eigenvalue weighted by Crippen LogP contribution is 2.70. The Morgan fingerprint density at radius 2 is 1.87 bits per heavy atom. The lowest BCUT2D eigenvalue weighted by molar-refractivity contribution is -0.278. The summed E-state index contributed by atoms with van der Waals surface area (Å²) < 4.78 is 23.1. The molecule has 4 saturated carbocycles. The standard InChI is InChI=1S/C30H46O8/c1-16-27(33)23(35-4)13-25(37-16)38-19-7-9-28(2)18(12-19)5-6-21-26(28)22(31)14-29(3)20(8-10-30(21,29)34)17-11-24(32)36-15-17/h11,16,18-23,25-27,31,33-34H,5-10,12-15H2,1-4H3/t16?,18-,19+,20-,21?,22-,23?,25+,26?,27-,28+,29-,30+/m1/s1. The zero-order valence-corrected chi connectivity index (χ0v) is 23.3. The number of hydrogen-bond acceptors (Lipinski definition) is 8. The number of aliphatic hydroxyl groups is 3. The summed E-state index contributed by atoms with van der Waals surface area (Å²) in [5, 5.41) is 34.5. The Kier molecular flexibility index (Phi) is 6.80. The average molecular weight is 535 g/mol. The van der Waals surface area contributed by atoms with E-state index in [0.717, 1.165) is 44.1 Å². The van der Waals surface area contributed by atoms with Crippen molar-refractivity contribution in [2.24, 2.45) is 34.5 Å². The van der Waals surface area contributed by atoms with E-state index in [1.54, 1.807) is 13.2 Å². The van der Waals surface area contributed by atoms with Crippen LogP contribution in [0, 0.1) is 34.5 Å². The topological polar surface area (TPSA) is 115 Å². The number of carbonyl (C=O) groups excluding carboxylic acids is 1. The van der Waals surface area contributed by atoms with E-state index in [0.29, 0.717) is 31.8 Å². The molecule has 0 bridgehead atoms. The molecule has 3 N–H and O–H groups in total. The normalized spacial score (nSPS) is 54.5. The summed E-state index contributed by atoms with van der Waals surface area (Å²) in [4.78, 5) is 11.8. The number of carbonyl (C=O) groups is 1. The molecule has 0 aromatic rings. The van der Waals surface area contributed by atoms with Crippen molar-refractivity contribution in [3.63, 3.8) is 0 Å². The second-order valence-corrected chi connectivity index (χ2v) is 13.7. The molecule has 1 saturated heterocycles. The maximum absolute atomic E-state index is 12.4. The summed E-state index contributed by atoms with van der Waals surface area (Å²) in [5.41, 5.74) is -0.389. The number of aliphatic hydroxyl groups excluding tert-OH is 2. The lowest BCUT2D eigenvalue weighted by Gasteiger charge is -2.65. The third-order valence-electron chi connectivity index (χ3n) is 12.2. The number of rotatable bonds is 4. The van der Waals surface area contributed by atoms with Crippen LogP contribution in [-0.4, -0.2) is 77.4 Å². The molecular formula is C30H46O8. The fraction of sp³-hybridized carbons (Fsp3) is 0.900. The Labute approximate surface area is 226 Å². The highest BCUT2D eigenvalue weighted by molar-refractivity contribution is 5.85. The minimum atomic E-state index is -0.850. The first-order chi connectivity index (χ1) is 18.0. The molecule has 2 heterocycles. The van der Waals surface area contributed by atoms with Crippen LogP contribution in [0.3, 0.4) is 0 Å². The number of fused-ring (bicyclic) bond motifs is 5. The van der Waals surface area contributed by atoms with Crippen LogP contribution in [0.5, 0.6) is 0 Å². The van der Waals surface area contributed by atoms with E-state index in [4.69, 9.17) is 18.9 Å². The number of ether oxygens (including phenoxy) is 4. The Hall–Kier alpha value is -1.03. The second-order valence-electron chi connectivity index (χ2n) is 13.7. The number of hydrogen-bond donors (Lipinski definition) is 3. The van der Waals surface area contributed by atoms with E-state index in [1.807, 2.05) is 6.92 Å². The van der Waals surface area contributed by atoms with Crippen molar-refractivity contribution in [2.45, 2.75) is 121 Å². The third kappa shape index (κ3) is 3.96. The monoisotopic (exact) mass is 534 g/mol. The van der Waals surface area contributed by atoms with Crippen LogP contribution in [0.1, 0.15) is 78.6 Å². The third-order valence-corrected chi connectivity index (χ3v) is 12.2. The largest absolute Gasteiger partial charge is 0.458 e. The van der Waals surface area contributed by atoms with E-state index in [1.165, 1.54) is 0 Å². The maximum Gasteiger partial charge on any atom is 0.331 e. The van der Waals surface area contributed by atoms with Gasteiger partial charge in [0.15, 0.2) is 6.29 Å². The highest BCUT2D eigenvalue weighted by Gasteiger charge is 2.70. The van der Waals surface area contributed by atoms with Crippen molar-refractivity contribution in [2.75, 3.05) is 13.7 Å². The molecule has 13 atom stereocenters. The lowest BCUT2D eigenvalue weighted by Crippen LogP contribution is -2.66. The van der Waals surface area contributed by atoms with Gasteiger partial charge in [-0.15, -0.1) is 0 Å². The van der Waals surface area contributed by atoms with Crippen molar-refractivity contribution in [1.82, 2.24) is 0 Å². The van der Waals surface area contributed by atoms with Crippen molar-refractivity contribution >= 4 is 5.97 Å². The van der Waals surface area contributed by atoms with E-state index >= 15 is 0 Å². The van der Waals surface area contributed by atoms with Crippen LogP contribution in [-0.2, 0) is 23.7 Å². The molecule has 0 aromatic carbocycles. The lowest BCUT2D eigenvalue weighted by atomic mass is 9.42. The summed E-state index contributed by atoms with van der Waals surface area (Å²) in [6.07, 6.45) is 6.83. The molecule has 6 aliphatic rings. The van der Waals surface area contributed by atoms with Gasteiger partial charge in [0.25, 0.3) is 0 Å². The van der Waals surface area contributed by atoms with Crippen molar-refractivity contribution < 1.29 is 39.1 Å². The predicted octanol–water partition coefficient (Wildman–Crippen LogP) is 3.11. The minimum Gasteiger partial charge on any atom is -0.458 e. The molecule has 6 rings (SSSR count). The minimum absolute atomic E-state index is 0.0464. The molecule has 38 heavy (non-hydrogen) atoms. The smallest absolute Gasteiger partial charge is 0.331 e. The van der Waals surface area contributed by atoms with Gasteiger partial charge in [-0.25, -0.2) is 4.79 Å². The average Bonchev–Trinajstić information content (AvgIpc) is 3.41. The van der Waals surface area contributed by atoms with Gasteiger partial charge in [0.05, 0.1) is 30.0 Å². The van der Waals surface area contributed by atoms with E-state index in [9.17, 15) is 20.1 Å². The van der Waals surface area contributed by atoms with Gasteiger partial charge in [-0.3, -0.25) is 0 Å². The van der Waals surface area contributed by atoms with Gasteiger partial charge in [-0.2, -0.15) is 0 Å². The first kappa shape index (κ1) is 27.2. The van der Waals surface area contributed by atoms with Crippen LogP contribution < -0.4 is 0 Å². The van der Waals surface area contributed by atoms with Gasteiger partial charge in [0.2, 0.25) is 0 Å². The molecule has 5 fully saturated rings. The van der Waals surface area contributed by atoms with Gasteiger partial charge >= 0.3 is 5.97 Å². The van der Waals surface area contributed by atoms with Gasteiger partial charge < -0.3 is 34.3 Å². The van der Waals surface area contributed by atoms with Crippen LogP contribution in [0.2, 0.25) is 0 Å². The number of esters is 1. The number of cyclic esters (lactones) is 1. The summed E-state index contributed by atoms with van der Waals surface area (Å²) in [5.74, 6) is 0.285. The van der Waals surface area contributed by atoms with Gasteiger partial charge in [-0.1, -0.05) is 13.8 Å². The van der Waals surface area contributed by atoms with Crippen LogP contribution in [0.25, 0.3) is 0 Å². The van der Waals surface area contributed by atoms with E-state index < -0.39 is 23.2 Å². The summed E-state index contributed by atoms with van der Waals surface area (Å²) in [6, 6.07) is 0. The van der Waals surface area contributed by atoms with Crippen LogP contribution in [0.15, 0.2) is 11.6 Å². The molecule has 8 nitrogen and oxygen atoms in total. The fourth-order valence-corrected chi connectivity index (χ4v) is 10.1. The van der Waals surface area contributed by atoms with Crippen LogP contribution in [0.4, 0.5) is 0 Å². The molecular weight excluding hydrogens is 488 g/mol. The van der Waals surface area contributed by atoms with Crippen molar-refractivity contribution in [1.29, 1.82) is 0 Å². The fourth-order valence-electron chi connectivity index (χ4n) is 10.1. The molecule has 0 radical (unpaired) electrons. The highest BCUT2D eigenvalue weighted by atomic mass is 16.7. The first-order valence-electron chi connectivity index (χ1n) is 14.8. The summed E-state index contributed by atoms with van der Waals surface area (Å²) in [7, 11) is 1.62. The second kappa shape index (κ2) is 9.52. The molecule has 8 heteroatoms. The van der Waals surface area contributed by atoms with E-state index in [2.05, 4.69) is 13.8 Å². The number of methoxy groups -OCH3 is 1. The van der Waals surface area contributed by atoms with Crippen molar-refractivity contribution in [3.8, 4) is 0 Å². The van der Waals surface area contributed by atoms with Gasteiger partial charge in [0, 0.05) is 25.0 Å². The zero-order valence-electron chi connectivity index (χ0n) is 23.3. The molecule has 4 unspecified atom stereocenters. The Morgan fingerprint density at radius 1 is 1.08 bits per heavy atom. The van der Waals surface area contributed by atoms with Gasteiger partial charge in [0.1, 0.15) is 12.7 Å². The first-order valence-corrected chi connectivity index (χ1v) is 14.8. The molecule has 0 aromatic heterocycles. The van der Waals surface area contributed by atoms with E-state index in [-0.39, 0.29) is 53.7 Å². The maximum atomic E-state index is 12.4. The van der Waals surface area contributed by atoms with Crippen LogP contribution >= 0.6 is 0 Å². The van der Waals surface area contributed by atoms with Gasteiger partial charge in [-0.05, 0) is 93.0 Å². The summed E-state index contributed by atoms with van der Waals surface area (Å²) >= 11 is 0. The SMILES string of the molecule is COC1C[C@H](O[C@H]2CC[C@]3(C)C4C(CC[C@@H]3C2)[C@@]2(O)CC[C@H](C3=CC(=O)OC3)[C@@]2(C)C[C@H]4O)OC(C)[C@H]1O. The quantitative estimate of drug-likeness (QED) is 0.372. The Balaban J connectivity index is 1.18. The molecule has 0 spiro atoms. The molecule has 2 aliphatic heterocycles.